The molecule has 114 valence electrons. The molecule has 3 aromatic rings. The van der Waals surface area contributed by atoms with Crippen LogP contribution in [0.1, 0.15) is 35.8 Å². The van der Waals surface area contributed by atoms with E-state index in [-0.39, 0.29) is 11.4 Å². The van der Waals surface area contributed by atoms with Crippen molar-refractivity contribution in [2.45, 2.75) is 24.7 Å². The van der Waals surface area contributed by atoms with Crippen molar-refractivity contribution in [1.29, 1.82) is 0 Å². The molecule has 6 rings (SSSR count). The Hall–Kier alpha value is -2.82. The van der Waals surface area contributed by atoms with E-state index in [4.69, 9.17) is 0 Å². The number of nitrogens with zero attached hydrogens (tertiary/aromatic N) is 3. The summed E-state index contributed by atoms with van der Waals surface area (Å²) in [5.41, 5.74) is 2.30. The van der Waals surface area contributed by atoms with Crippen LogP contribution in [-0.4, -0.2) is 13.6 Å². The zero-order chi connectivity index (χ0) is 15.6. The van der Waals surface area contributed by atoms with E-state index >= 15 is 0 Å². The fraction of sp³-hybridized carbons (Fsp3) is 0.222. The third kappa shape index (κ3) is 1.62. The Kier molecular flexibility index (Phi) is 2.40. The molecule has 0 saturated heterocycles. The lowest BCUT2D eigenvalue weighted by Crippen LogP contribution is -2.25. The van der Waals surface area contributed by atoms with Gasteiger partial charge in [0.1, 0.15) is 0 Å². The summed E-state index contributed by atoms with van der Waals surface area (Å²) < 4.78 is 4.09. The smallest absolute Gasteiger partial charge is 0.245 e. The molecule has 2 atom stereocenters. The van der Waals surface area contributed by atoms with E-state index in [1.54, 1.807) is 12.1 Å². The summed E-state index contributed by atoms with van der Waals surface area (Å²) in [6.45, 7) is 0. The van der Waals surface area contributed by atoms with Crippen LogP contribution < -0.4 is 11.4 Å². The van der Waals surface area contributed by atoms with Crippen LogP contribution in [0.2, 0.25) is 0 Å². The molecule has 0 aliphatic heterocycles. The minimum atomic E-state index is -0.325. The van der Waals surface area contributed by atoms with Crippen LogP contribution in [0.3, 0.4) is 0 Å². The molecule has 2 heterocycles. The fourth-order valence-corrected chi connectivity index (χ4v) is 3.87. The molecular weight excluding hydrogens is 290 g/mol. The summed E-state index contributed by atoms with van der Waals surface area (Å²) in [4.78, 5) is 25.5. The molecule has 23 heavy (non-hydrogen) atoms. The number of allylic oxidation sites excluding steroid dienone is 2. The number of hydrogen-bond acceptors (Lipinski definition) is 2. The Balaban J connectivity index is 1.85. The Bertz CT molecular complexity index is 1000. The van der Waals surface area contributed by atoms with Crippen LogP contribution in [0.5, 0.6) is 0 Å². The van der Waals surface area contributed by atoms with Crippen LogP contribution in [0.25, 0.3) is 5.69 Å². The molecular formula is C18H15N3O2. The summed E-state index contributed by atoms with van der Waals surface area (Å²) in [5.74, 6) is 0.726. The van der Waals surface area contributed by atoms with E-state index in [0.29, 0.717) is 17.5 Å². The predicted molar refractivity (Wildman–Crippen MR) is 86.6 cm³/mol. The van der Waals surface area contributed by atoms with Gasteiger partial charge in [-0.2, -0.15) is 0 Å². The van der Waals surface area contributed by atoms with Crippen molar-refractivity contribution in [3.05, 3.63) is 87.0 Å². The Labute approximate surface area is 131 Å². The molecule has 0 saturated carbocycles. The lowest BCUT2D eigenvalue weighted by atomic mass is 9.73. The van der Waals surface area contributed by atoms with Crippen LogP contribution >= 0.6 is 0 Å². The lowest BCUT2D eigenvalue weighted by Gasteiger charge is -2.33. The number of para-hydroxylation sites is 1. The lowest BCUT2D eigenvalue weighted by molar-refractivity contribution is 0.538. The second-order valence-electron chi connectivity index (χ2n) is 6.27. The average Bonchev–Trinajstić information content (AvgIpc) is 2.86. The first-order valence-electron chi connectivity index (χ1n) is 7.87. The maximum Gasteiger partial charge on any atom is 0.356 e. The molecule has 5 nitrogen and oxygen atoms in total. The van der Waals surface area contributed by atoms with Crippen molar-refractivity contribution in [3.63, 3.8) is 0 Å². The normalized spacial score (nSPS) is 21.7. The minimum Gasteiger partial charge on any atom is -0.245 e. The zero-order valence-corrected chi connectivity index (χ0v) is 12.4. The Morgan fingerprint density at radius 1 is 0.783 bits per heavy atom. The topological polar surface area (TPSA) is 47.9 Å². The molecule has 2 aromatic heterocycles. The molecule has 5 heteroatoms. The maximum atomic E-state index is 12.7. The third-order valence-electron chi connectivity index (χ3n) is 5.04. The van der Waals surface area contributed by atoms with Crippen LogP contribution in [0.15, 0.2) is 64.5 Å². The van der Waals surface area contributed by atoms with Gasteiger partial charge in [-0.1, -0.05) is 30.4 Å². The summed E-state index contributed by atoms with van der Waals surface area (Å²) >= 11 is 0. The molecule has 0 fully saturated rings. The number of rotatable bonds is 1. The molecule has 3 aliphatic rings. The molecule has 0 unspecified atom stereocenters. The quantitative estimate of drug-likeness (QED) is 0.646. The number of aromatic nitrogens is 3. The highest BCUT2D eigenvalue weighted by atomic mass is 16.2. The standard InChI is InChI=1S/C18H15N3O2/c22-17-19-10-15-12-6-7-13(9-8-12)16(15)11-20(19)18(23)21(17)14-4-2-1-3-5-14/h1-7,10-13H,8-9H2/t12-,13+. The summed E-state index contributed by atoms with van der Waals surface area (Å²) in [7, 11) is 0. The van der Waals surface area contributed by atoms with Gasteiger partial charge in [0.2, 0.25) is 0 Å². The van der Waals surface area contributed by atoms with Gasteiger partial charge in [0.05, 0.1) is 5.69 Å². The highest BCUT2D eigenvalue weighted by Crippen LogP contribution is 2.44. The molecule has 0 N–H and O–H groups in total. The largest absolute Gasteiger partial charge is 0.356 e. The van der Waals surface area contributed by atoms with Crippen molar-refractivity contribution in [2.24, 2.45) is 0 Å². The van der Waals surface area contributed by atoms with Gasteiger partial charge >= 0.3 is 11.4 Å². The molecule has 1 aromatic carbocycles. The van der Waals surface area contributed by atoms with E-state index in [1.807, 2.05) is 30.6 Å². The van der Waals surface area contributed by atoms with Crippen LogP contribution in [-0.2, 0) is 0 Å². The van der Waals surface area contributed by atoms with Crippen molar-refractivity contribution in [3.8, 4) is 5.69 Å². The van der Waals surface area contributed by atoms with Crippen LogP contribution in [0, 0.1) is 0 Å². The molecule has 2 bridgehead atoms. The second kappa shape index (κ2) is 4.35. The van der Waals surface area contributed by atoms with E-state index in [9.17, 15) is 9.59 Å². The van der Waals surface area contributed by atoms with Crippen molar-refractivity contribution >= 4 is 0 Å². The van der Waals surface area contributed by atoms with Crippen LogP contribution in [0.4, 0.5) is 0 Å². The predicted octanol–water partition coefficient (Wildman–Crippen LogP) is 2.08. The fourth-order valence-electron chi connectivity index (χ4n) is 3.87. The molecule has 0 spiro atoms. The SMILES string of the molecule is O=c1n(-c2ccccc2)c(=O)n2cc3c(cn12)[C@@H]1C=C[C@H]3CC1. The van der Waals surface area contributed by atoms with Gasteiger partial charge in [-0.05, 0) is 36.1 Å². The number of fused-ring (bicyclic) bond motifs is 2. The van der Waals surface area contributed by atoms with Gasteiger partial charge in [0.25, 0.3) is 0 Å². The van der Waals surface area contributed by atoms with E-state index in [1.165, 1.54) is 24.7 Å². The Morgan fingerprint density at radius 2 is 1.30 bits per heavy atom. The third-order valence-corrected chi connectivity index (χ3v) is 5.04. The van der Waals surface area contributed by atoms with Gasteiger partial charge in [0.15, 0.2) is 0 Å². The minimum absolute atomic E-state index is 0.325. The number of benzene rings is 1. The van der Waals surface area contributed by atoms with Gasteiger partial charge in [-0.25, -0.2) is 23.2 Å². The van der Waals surface area contributed by atoms with E-state index in [0.717, 1.165) is 12.8 Å². The summed E-state index contributed by atoms with van der Waals surface area (Å²) in [6.07, 6.45) is 10.4. The zero-order valence-electron chi connectivity index (χ0n) is 12.4. The Morgan fingerprint density at radius 3 is 1.78 bits per heavy atom. The highest BCUT2D eigenvalue weighted by molar-refractivity contribution is 5.42. The van der Waals surface area contributed by atoms with Crippen molar-refractivity contribution in [1.82, 2.24) is 13.6 Å². The first-order valence-corrected chi connectivity index (χ1v) is 7.87. The molecule has 0 amide bonds. The second-order valence-corrected chi connectivity index (χ2v) is 6.27. The monoisotopic (exact) mass is 305 g/mol. The van der Waals surface area contributed by atoms with E-state index in [2.05, 4.69) is 12.2 Å². The van der Waals surface area contributed by atoms with Gasteiger partial charge in [0, 0.05) is 24.2 Å². The van der Waals surface area contributed by atoms with Gasteiger partial charge in [-0.15, -0.1) is 0 Å². The maximum absolute atomic E-state index is 12.7. The van der Waals surface area contributed by atoms with Gasteiger partial charge < -0.3 is 0 Å². The van der Waals surface area contributed by atoms with Crippen molar-refractivity contribution < 1.29 is 0 Å². The highest BCUT2D eigenvalue weighted by Gasteiger charge is 2.30. The average molecular weight is 305 g/mol. The first kappa shape index (κ1) is 12.7. The number of hydrogen-bond donors (Lipinski definition) is 0. The summed E-state index contributed by atoms with van der Waals surface area (Å²) in [5, 5.41) is 0. The molecule has 0 radical (unpaired) electrons. The summed E-state index contributed by atoms with van der Waals surface area (Å²) in [6, 6.07) is 9.05. The first-order chi connectivity index (χ1) is 11.2. The molecule has 3 aliphatic carbocycles. The van der Waals surface area contributed by atoms with Crippen molar-refractivity contribution in [2.75, 3.05) is 0 Å². The van der Waals surface area contributed by atoms with Gasteiger partial charge in [-0.3, -0.25) is 0 Å². The van der Waals surface area contributed by atoms with E-state index < -0.39 is 0 Å².